The number of anilines is 2. The summed E-state index contributed by atoms with van der Waals surface area (Å²) in [5.74, 6) is 0. The molecule has 0 atom stereocenters. The van der Waals surface area contributed by atoms with Crippen molar-refractivity contribution in [3.8, 4) is 0 Å². The number of allylic oxidation sites excluding steroid dienone is 2. The first-order valence-corrected chi connectivity index (χ1v) is 10.2. The monoisotopic (exact) mass is 380 g/mol. The third kappa shape index (κ3) is 3.31. The van der Waals surface area contributed by atoms with Gasteiger partial charge in [0.25, 0.3) is 0 Å². The Morgan fingerprint density at radius 2 is 1.59 bits per heavy atom. The van der Waals surface area contributed by atoms with Gasteiger partial charge >= 0.3 is 0 Å². The van der Waals surface area contributed by atoms with Crippen LogP contribution in [0.3, 0.4) is 0 Å². The highest BCUT2D eigenvalue weighted by Gasteiger charge is 2.16. The zero-order chi connectivity index (χ0) is 19.6. The second kappa shape index (κ2) is 7.55. The van der Waals surface area contributed by atoms with Crippen molar-refractivity contribution in [2.45, 2.75) is 12.8 Å². The van der Waals surface area contributed by atoms with E-state index >= 15 is 0 Å². The van der Waals surface area contributed by atoms with Crippen molar-refractivity contribution in [1.29, 1.82) is 0 Å². The Hall–Kier alpha value is -3.40. The molecule has 4 heteroatoms. The summed E-state index contributed by atoms with van der Waals surface area (Å²) in [7, 11) is 2.06. The summed E-state index contributed by atoms with van der Waals surface area (Å²) in [6, 6.07) is 21.1. The second-order valence-corrected chi connectivity index (χ2v) is 7.59. The number of rotatable bonds is 3. The second-order valence-electron chi connectivity index (χ2n) is 7.59. The van der Waals surface area contributed by atoms with Crippen molar-refractivity contribution >= 4 is 33.4 Å². The molecule has 1 saturated heterocycles. The minimum Gasteiger partial charge on any atom is -0.371 e. The van der Waals surface area contributed by atoms with Gasteiger partial charge in [-0.05, 0) is 37.1 Å². The van der Waals surface area contributed by atoms with Crippen molar-refractivity contribution in [3.05, 3.63) is 84.7 Å². The van der Waals surface area contributed by atoms with Crippen molar-refractivity contribution in [2.24, 2.45) is 10.2 Å². The maximum Gasteiger partial charge on any atom is 0.0936 e. The fourth-order valence-corrected chi connectivity index (χ4v) is 4.24. The molecule has 0 N–H and O–H groups in total. The van der Waals surface area contributed by atoms with E-state index in [0.717, 1.165) is 29.7 Å². The largest absolute Gasteiger partial charge is 0.371 e. The minimum absolute atomic E-state index is 0.908. The smallest absolute Gasteiger partial charge is 0.0936 e. The Morgan fingerprint density at radius 1 is 0.828 bits per heavy atom. The lowest BCUT2D eigenvalue weighted by molar-refractivity contribution is 0.949. The van der Waals surface area contributed by atoms with Crippen LogP contribution in [0.4, 0.5) is 17.1 Å². The van der Waals surface area contributed by atoms with E-state index in [1.54, 1.807) is 0 Å². The van der Waals surface area contributed by atoms with E-state index in [2.05, 4.69) is 100 Å². The number of benzene rings is 3. The zero-order valence-corrected chi connectivity index (χ0v) is 16.6. The predicted octanol–water partition coefficient (Wildman–Crippen LogP) is 6.53. The molecular formula is C25H24N4. The van der Waals surface area contributed by atoms with Crippen LogP contribution in [0.1, 0.15) is 18.4 Å². The standard InChI is InChI=1S/C25H24N4/c1-28-17-14-19(20-8-4-5-11-24(20)28)18-26-27-23-12-13-25(29-15-6-7-16-29)22-10-3-2-9-21(22)23/h2-5,8-14,17-18H,6-7,15-16H2,1H3/b19-18+,27-26+. The number of azo groups is 1. The van der Waals surface area contributed by atoms with E-state index < -0.39 is 0 Å². The van der Waals surface area contributed by atoms with Gasteiger partial charge in [-0.3, -0.25) is 0 Å². The van der Waals surface area contributed by atoms with Crippen molar-refractivity contribution in [2.75, 3.05) is 29.9 Å². The predicted molar refractivity (Wildman–Crippen MR) is 122 cm³/mol. The molecule has 0 radical (unpaired) electrons. The van der Waals surface area contributed by atoms with E-state index in [4.69, 9.17) is 0 Å². The molecule has 3 aromatic carbocycles. The third-order valence-corrected chi connectivity index (χ3v) is 5.76. The van der Waals surface area contributed by atoms with Gasteiger partial charge in [-0.15, -0.1) is 0 Å². The van der Waals surface area contributed by atoms with Crippen LogP contribution in [-0.2, 0) is 0 Å². The summed E-state index contributed by atoms with van der Waals surface area (Å²) < 4.78 is 0. The average molecular weight is 380 g/mol. The van der Waals surface area contributed by atoms with Crippen molar-refractivity contribution in [1.82, 2.24) is 0 Å². The van der Waals surface area contributed by atoms with Gasteiger partial charge in [0.15, 0.2) is 0 Å². The van der Waals surface area contributed by atoms with Gasteiger partial charge in [-0.25, -0.2) is 0 Å². The molecule has 0 aromatic heterocycles. The summed E-state index contributed by atoms with van der Waals surface area (Å²) in [5.41, 5.74) is 5.64. The van der Waals surface area contributed by atoms with Crippen LogP contribution in [0, 0.1) is 0 Å². The van der Waals surface area contributed by atoms with Crippen molar-refractivity contribution in [3.63, 3.8) is 0 Å². The molecular weight excluding hydrogens is 356 g/mol. The molecule has 5 rings (SSSR count). The number of hydrogen-bond donors (Lipinski definition) is 0. The summed E-state index contributed by atoms with van der Waals surface area (Å²) in [6.45, 7) is 2.27. The lowest BCUT2D eigenvalue weighted by atomic mass is 10.0. The first-order valence-electron chi connectivity index (χ1n) is 10.2. The Kier molecular flexibility index (Phi) is 4.60. The summed E-state index contributed by atoms with van der Waals surface area (Å²) in [5, 5.41) is 11.4. The number of hydrogen-bond acceptors (Lipinski definition) is 4. The Labute approximate surface area is 171 Å². The van der Waals surface area contributed by atoms with Crippen LogP contribution in [0.2, 0.25) is 0 Å². The summed E-state index contributed by atoms with van der Waals surface area (Å²) in [4.78, 5) is 4.60. The lowest BCUT2D eigenvalue weighted by Crippen LogP contribution is -2.17. The molecule has 4 nitrogen and oxygen atoms in total. The third-order valence-electron chi connectivity index (χ3n) is 5.76. The first kappa shape index (κ1) is 17.7. The zero-order valence-electron chi connectivity index (χ0n) is 16.6. The fourth-order valence-electron chi connectivity index (χ4n) is 4.24. The van der Waals surface area contributed by atoms with Crippen LogP contribution in [-0.4, -0.2) is 20.1 Å². The molecule has 2 aliphatic heterocycles. The van der Waals surface area contributed by atoms with Gasteiger partial charge in [-0.2, -0.15) is 10.2 Å². The Balaban J connectivity index is 1.50. The fraction of sp³-hybridized carbons (Fsp3) is 0.200. The van der Waals surface area contributed by atoms with Crippen LogP contribution in [0.25, 0.3) is 16.3 Å². The first-order chi connectivity index (χ1) is 14.3. The Morgan fingerprint density at radius 3 is 2.45 bits per heavy atom. The van der Waals surface area contributed by atoms with Crippen molar-refractivity contribution < 1.29 is 0 Å². The van der Waals surface area contributed by atoms with Gasteiger partial charge in [0.1, 0.15) is 0 Å². The van der Waals surface area contributed by atoms with E-state index in [1.807, 2.05) is 6.20 Å². The Bertz CT molecular complexity index is 1140. The maximum atomic E-state index is 4.57. The molecule has 1 fully saturated rings. The molecule has 0 saturated carbocycles. The quantitative estimate of drug-likeness (QED) is 0.484. The normalized spacial score (nSPS) is 17.6. The number of nitrogens with zero attached hydrogens (tertiary/aromatic N) is 4. The molecule has 144 valence electrons. The number of para-hydroxylation sites is 1. The van der Waals surface area contributed by atoms with Gasteiger partial charge in [0.2, 0.25) is 0 Å². The van der Waals surface area contributed by atoms with Crippen LogP contribution in [0.15, 0.2) is 89.4 Å². The van der Waals surface area contributed by atoms with Crippen LogP contribution < -0.4 is 9.80 Å². The molecule has 3 aromatic rings. The molecule has 0 bridgehead atoms. The molecule has 2 heterocycles. The van der Waals surface area contributed by atoms with Gasteiger partial charge in [0.05, 0.1) is 11.9 Å². The molecule has 0 spiro atoms. The average Bonchev–Trinajstić information content (AvgIpc) is 3.30. The summed E-state index contributed by atoms with van der Waals surface area (Å²) >= 11 is 0. The molecule has 0 unspecified atom stereocenters. The summed E-state index contributed by atoms with van der Waals surface area (Å²) in [6.07, 6.45) is 8.53. The molecule has 29 heavy (non-hydrogen) atoms. The van der Waals surface area contributed by atoms with Gasteiger partial charge in [-0.1, -0.05) is 42.5 Å². The lowest BCUT2D eigenvalue weighted by Gasteiger charge is -2.23. The molecule has 0 aliphatic carbocycles. The topological polar surface area (TPSA) is 31.2 Å². The number of fused-ring (bicyclic) bond motifs is 2. The molecule has 0 amide bonds. The van der Waals surface area contributed by atoms with Gasteiger partial charge in [0, 0.05) is 59.6 Å². The highest BCUT2D eigenvalue weighted by Crippen LogP contribution is 2.36. The SMILES string of the molecule is CN1C=C/C(=C\N=N\c2ccc(N3CCCC3)c3ccccc23)c2ccccc21. The highest BCUT2D eigenvalue weighted by molar-refractivity contribution is 6.01. The van der Waals surface area contributed by atoms with Gasteiger partial charge < -0.3 is 9.80 Å². The minimum atomic E-state index is 0.908. The van der Waals surface area contributed by atoms with E-state index in [0.29, 0.717) is 0 Å². The highest BCUT2D eigenvalue weighted by atomic mass is 15.1. The van der Waals surface area contributed by atoms with E-state index in [9.17, 15) is 0 Å². The maximum absolute atomic E-state index is 4.57. The van der Waals surface area contributed by atoms with E-state index in [1.165, 1.54) is 35.2 Å². The molecule has 2 aliphatic rings. The van der Waals surface area contributed by atoms with E-state index in [-0.39, 0.29) is 0 Å². The van der Waals surface area contributed by atoms with Crippen LogP contribution in [0.5, 0.6) is 0 Å². The van der Waals surface area contributed by atoms with Crippen LogP contribution >= 0.6 is 0 Å².